The smallest absolute Gasteiger partial charge is 0.0695 e. The van der Waals surface area contributed by atoms with Gasteiger partial charge in [-0.25, -0.2) is 0 Å². The van der Waals surface area contributed by atoms with Gasteiger partial charge in [-0.1, -0.05) is 29.8 Å². The molecule has 2 heteroatoms. The summed E-state index contributed by atoms with van der Waals surface area (Å²) in [6.07, 6.45) is 7.88. The van der Waals surface area contributed by atoms with Crippen molar-refractivity contribution in [3.05, 3.63) is 59.4 Å². The first kappa shape index (κ1) is 13.7. The van der Waals surface area contributed by atoms with Gasteiger partial charge >= 0.3 is 0 Å². The predicted octanol–water partition coefficient (Wildman–Crippen LogP) is 5.10. The van der Waals surface area contributed by atoms with Gasteiger partial charge in [-0.05, 0) is 50.7 Å². The second-order valence-corrected chi connectivity index (χ2v) is 6.62. The first-order chi connectivity index (χ1) is 10.8. The van der Waals surface area contributed by atoms with Gasteiger partial charge in [0, 0.05) is 28.8 Å². The molecule has 0 spiro atoms. The number of rotatable bonds is 3. The lowest BCUT2D eigenvalue weighted by Gasteiger charge is -2.43. The number of nitrogens with zero attached hydrogens (tertiary/aromatic N) is 1. The molecule has 1 aromatic carbocycles. The number of benzene rings is 1. The molecule has 2 nitrogen and oxygen atoms in total. The molecule has 1 aromatic heterocycles. The summed E-state index contributed by atoms with van der Waals surface area (Å²) in [5.74, 6) is 0. The van der Waals surface area contributed by atoms with Crippen LogP contribution in [0.1, 0.15) is 49.9 Å². The van der Waals surface area contributed by atoms with E-state index < -0.39 is 0 Å². The molecule has 114 valence electrons. The van der Waals surface area contributed by atoms with Gasteiger partial charge in [0.2, 0.25) is 0 Å². The van der Waals surface area contributed by atoms with Crippen molar-refractivity contribution in [2.45, 2.75) is 45.1 Å². The Labute approximate surface area is 132 Å². The Balaban J connectivity index is 1.76. The van der Waals surface area contributed by atoms with Crippen molar-refractivity contribution in [1.29, 1.82) is 0 Å². The minimum atomic E-state index is 0.541. The van der Waals surface area contributed by atoms with Crippen LogP contribution in [0.25, 0.3) is 10.9 Å². The van der Waals surface area contributed by atoms with Crippen LogP contribution in [0.3, 0.4) is 0 Å². The van der Waals surface area contributed by atoms with E-state index in [9.17, 15) is 0 Å². The van der Waals surface area contributed by atoms with Crippen molar-refractivity contribution in [3.63, 3.8) is 0 Å². The fourth-order valence-electron chi connectivity index (χ4n) is 4.28. The number of allylic oxidation sites excluding steroid dienone is 3. The number of hydrogen-bond acceptors (Lipinski definition) is 1. The molecule has 0 saturated carbocycles. The summed E-state index contributed by atoms with van der Waals surface area (Å²) in [5.41, 5.74) is 7.47. The zero-order valence-electron chi connectivity index (χ0n) is 13.4. The van der Waals surface area contributed by atoms with Gasteiger partial charge in [0.25, 0.3) is 0 Å². The quantitative estimate of drug-likeness (QED) is 0.780. The third-order valence-corrected chi connectivity index (χ3v) is 5.38. The van der Waals surface area contributed by atoms with Gasteiger partial charge in [0.15, 0.2) is 0 Å². The number of aromatic amines is 1. The molecule has 2 aromatic rings. The van der Waals surface area contributed by atoms with E-state index in [4.69, 9.17) is 0 Å². The Hall–Kier alpha value is -1.96. The molecule has 1 unspecified atom stereocenters. The van der Waals surface area contributed by atoms with Crippen molar-refractivity contribution in [1.82, 2.24) is 9.88 Å². The molecule has 1 N–H and O–H groups in total. The first-order valence-electron chi connectivity index (χ1n) is 8.45. The third-order valence-electron chi connectivity index (χ3n) is 5.38. The van der Waals surface area contributed by atoms with E-state index in [1.807, 2.05) is 6.08 Å². The van der Waals surface area contributed by atoms with E-state index in [0.717, 1.165) is 25.8 Å². The maximum absolute atomic E-state index is 3.89. The predicted molar refractivity (Wildman–Crippen MR) is 92.8 cm³/mol. The molecule has 0 bridgehead atoms. The van der Waals surface area contributed by atoms with Crippen LogP contribution in [0, 0.1) is 0 Å². The van der Waals surface area contributed by atoms with Crippen molar-refractivity contribution in [2.75, 3.05) is 6.54 Å². The normalized spacial score (nSPS) is 21.0. The molecule has 0 amide bonds. The average Bonchev–Trinajstić information content (AvgIpc) is 2.92. The lowest BCUT2D eigenvalue weighted by Crippen LogP contribution is -2.37. The van der Waals surface area contributed by atoms with Crippen LogP contribution in [0.15, 0.2) is 48.2 Å². The van der Waals surface area contributed by atoms with Crippen LogP contribution >= 0.6 is 0 Å². The van der Waals surface area contributed by atoms with Crippen LogP contribution < -0.4 is 0 Å². The van der Waals surface area contributed by atoms with Gasteiger partial charge in [0.1, 0.15) is 0 Å². The summed E-state index contributed by atoms with van der Waals surface area (Å²) in [5, 5.41) is 1.43. The van der Waals surface area contributed by atoms with Crippen molar-refractivity contribution >= 4 is 10.9 Å². The van der Waals surface area contributed by atoms with Crippen molar-refractivity contribution in [3.8, 4) is 0 Å². The molecule has 2 aliphatic rings. The number of H-pyrrole nitrogens is 1. The molecule has 0 saturated heterocycles. The van der Waals surface area contributed by atoms with Crippen LogP contribution in [-0.4, -0.2) is 16.4 Å². The summed E-state index contributed by atoms with van der Waals surface area (Å²) in [4.78, 5) is 6.39. The monoisotopic (exact) mass is 292 g/mol. The molecule has 1 atom stereocenters. The van der Waals surface area contributed by atoms with Gasteiger partial charge in [0.05, 0.1) is 6.04 Å². The maximum atomic E-state index is 3.89. The van der Waals surface area contributed by atoms with E-state index in [1.54, 1.807) is 16.8 Å². The van der Waals surface area contributed by atoms with Crippen LogP contribution in [-0.2, 0) is 6.42 Å². The van der Waals surface area contributed by atoms with Gasteiger partial charge in [-0.15, -0.1) is 6.58 Å². The highest BCUT2D eigenvalue weighted by Gasteiger charge is 2.34. The highest BCUT2D eigenvalue weighted by Crippen LogP contribution is 2.43. The van der Waals surface area contributed by atoms with Crippen LogP contribution in [0.4, 0.5) is 0 Å². The fraction of sp³-hybridized carbons (Fsp3) is 0.400. The SMILES string of the molecule is C=CCCC1=C(C)CCC2c3[nH]c4ccccc4c3CCN12. The van der Waals surface area contributed by atoms with Gasteiger partial charge in [-0.2, -0.15) is 0 Å². The van der Waals surface area contributed by atoms with Crippen LogP contribution in [0.5, 0.6) is 0 Å². The Kier molecular flexibility index (Phi) is 3.33. The summed E-state index contributed by atoms with van der Waals surface area (Å²) < 4.78 is 0. The largest absolute Gasteiger partial charge is 0.366 e. The molecule has 0 fully saturated rings. The summed E-state index contributed by atoms with van der Waals surface area (Å²) in [6, 6.07) is 9.30. The van der Waals surface area contributed by atoms with E-state index >= 15 is 0 Å². The van der Waals surface area contributed by atoms with Gasteiger partial charge in [-0.3, -0.25) is 0 Å². The molecule has 2 aliphatic heterocycles. The van der Waals surface area contributed by atoms with E-state index in [2.05, 4.69) is 47.7 Å². The zero-order chi connectivity index (χ0) is 15.1. The number of nitrogens with one attached hydrogen (secondary N) is 1. The number of aromatic nitrogens is 1. The molecule has 0 aliphatic carbocycles. The summed E-state index contributed by atoms with van der Waals surface area (Å²) in [6.45, 7) is 7.36. The number of para-hydroxylation sites is 1. The summed E-state index contributed by atoms with van der Waals surface area (Å²) >= 11 is 0. The van der Waals surface area contributed by atoms with Crippen LogP contribution in [0.2, 0.25) is 0 Å². The second kappa shape index (κ2) is 5.35. The molecule has 3 heterocycles. The van der Waals surface area contributed by atoms with Crippen molar-refractivity contribution in [2.24, 2.45) is 0 Å². The van der Waals surface area contributed by atoms with E-state index in [1.165, 1.54) is 29.4 Å². The van der Waals surface area contributed by atoms with E-state index in [0.29, 0.717) is 6.04 Å². The topological polar surface area (TPSA) is 19.0 Å². The van der Waals surface area contributed by atoms with Crippen molar-refractivity contribution < 1.29 is 0 Å². The summed E-state index contributed by atoms with van der Waals surface area (Å²) in [7, 11) is 0. The van der Waals surface area contributed by atoms with Gasteiger partial charge < -0.3 is 9.88 Å². The highest BCUT2D eigenvalue weighted by molar-refractivity contribution is 5.85. The van der Waals surface area contributed by atoms with E-state index in [-0.39, 0.29) is 0 Å². The minimum absolute atomic E-state index is 0.541. The molecular weight excluding hydrogens is 268 g/mol. The standard InChI is InChI=1S/C20H24N2/c1-3-4-9-18-14(2)10-11-19-20-16(12-13-22(18)19)15-7-5-6-8-17(15)21-20/h3,5-8,19,21H,1,4,9-13H2,2H3. The zero-order valence-corrected chi connectivity index (χ0v) is 13.4. The maximum Gasteiger partial charge on any atom is 0.0695 e. The lowest BCUT2D eigenvalue weighted by molar-refractivity contribution is 0.199. The Morgan fingerprint density at radius 2 is 2.18 bits per heavy atom. The molecule has 22 heavy (non-hydrogen) atoms. The highest BCUT2D eigenvalue weighted by atomic mass is 15.2. The lowest BCUT2D eigenvalue weighted by atomic mass is 9.87. The third kappa shape index (κ3) is 2.01. The minimum Gasteiger partial charge on any atom is -0.366 e. The average molecular weight is 292 g/mol. The molecule has 0 radical (unpaired) electrons. The fourth-order valence-corrected chi connectivity index (χ4v) is 4.28. The Morgan fingerprint density at radius 3 is 3.05 bits per heavy atom. The number of hydrogen-bond donors (Lipinski definition) is 1. The second-order valence-electron chi connectivity index (χ2n) is 6.62. The Morgan fingerprint density at radius 1 is 1.32 bits per heavy atom. The number of fused-ring (bicyclic) bond motifs is 5. The molecular formula is C20H24N2. The molecule has 4 rings (SSSR count). The first-order valence-corrected chi connectivity index (χ1v) is 8.45. The Bertz CT molecular complexity index is 750.